The van der Waals surface area contributed by atoms with Crippen LogP contribution >= 0.6 is 43.2 Å². The van der Waals surface area contributed by atoms with Gasteiger partial charge in [0.1, 0.15) is 12.7 Å². The summed E-state index contributed by atoms with van der Waals surface area (Å²) in [5.41, 5.74) is 8.67. The van der Waals surface area contributed by atoms with Crippen LogP contribution in [0.25, 0.3) is 5.57 Å². The van der Waals surface area contributed by atoms with Crippen molar-refractivity contribution in [2.75, 3.05) is 5.73 Å². The predicted octanol–water partition coefficient (Wildman–Crippen LogP) is 2.42. The molecule has 1 heterocycles. The van der Waals surface area contributed by atoms with E-state index in [-0.39, 0.29) is 22.8 Å². The SMILES string of the molecule is Cc1c[n+](C/C(=C\C(=O)c2ccc(Br)cc2)c2ccc(Br)cc2)c(N)s1.[Br-]. The van der Waals surface area contributed by atoms with Gasteiger partial charge in [0.05, 0.1) is 0 Å². The molecule has 27 heavy (non-hydrogen) atoms. The van der Waals surface area contributed by atoms with Crippen LogP contribution < -0.4 is 27.3 Å². The molecule has 2 N–H and O–H groups in total. The highest BCUT2D eigenvalue weighted by Gasteiger charge is 2.14. The third kappa shape index (κ3) is 5.85. The highest BCUT2D eigenvalue weighted by molar-refractivity contribution is 9.10. The number of nitrogen functional groups attached to an aromatic ring is 1. The molecule has 0 fully saturated rings. The molecule has 0 saturated heterocycles. The first-order valence-corrected chi connectivity index (χ1v) is 10.3. The number of hydrogen-bond acceptors (Lipinski definition) is 3. The second kappa shape index (κ2) is 9.78. The number of allylic oxidation sites excluding steroid dienone is 2. The van der Waals surface area contributed by atoms with Gasteiger partial charge in [-0.05, 0) is 55.0 Å². The molecule has 0 atom stereocenters. The monoisotopic (exact) mass is 570 g/mol. The molecule has 0 spiro atoms. The maximum Gasteiger partial charge on any atom is 0.332 e. The minimum absolute atomic E-state index is 0. The lowest BCUT2D eigenvalue weighted by Crippen LogP contribution is -3.00. The molecule has 140 valence electrons. The van der Waals surface area contributed by atoms with Gasteiger partial charge in [0.2, 0.25) is 0 Å². The topological polar surface area (TPSA) is 47.0 Å². The van der Waals surface area contributed by atoms with Crippen molar-refractivity contribution in [3.05, 3.63) is 85.8 Å². The summed E-state index contributed by atoms with van der Waals surface area (Å²) >= 11 is 8.39. The summed E-state index contributed by atoms with van der Waals surface area (Å²) in [4.78, 5) is 13.9. The van der Waals surface area contributed by atoms with Crippen LogP contribution in [0.1, 0.15) is 20.8 Å². The molecule has 3 nitrogen and oxygen atoms in total. The van der Waals surface area contributed by atoms with Crippen LogP contribution in [0.4, 0.5) is 5.13 Å². The molecule has 0 unspecified atom stereocenters. The Bertz CT molecular complexity index is 964. The van der Waals surface area contributed by atoms with Crippen LogP contribution in [0.2, 0.25) is 0 Å². The lowest BCUT2D eigenvalue weighted by atomic mass is 10.0. The number of aromatic nitrogens is 1. The number of thiazole rings is 1. The zero-order valence-electron chi connectivity index (χ0n) is 14.5. The molecular weight excluding hydrogens is 556 g/mol. The summed E-state index contributed by atoms with van der Waals surface area (Å²) in [6.45, 7) is 2.56. The summed E-state index contributed by atoms with van der Waals surface area (Å²) in [7, 11) is 0. The smallest absolute Gasteiger partial charge is 0.332 e. The van der Waals surface area contributed by atoms with Crippen molar-refractivity contribution in [3.63, 3.8) is 0 Å². The molecule has 0 saturated carbocycles. The number of nitrogens with two attached hydrogens (primary N) is 1. The fourth-order valence-electron chi connectivity index (χ4n) is 2.58. The molecule has 0 aliphatic rings. The quantitative estimate of drug-likeness (QED) is 0.290. The van der Waals surface area contributed by atoms with Gasteiger partial charge in [-0.25, -0.2) is 4.57 Å². The Morgan fingerprint density at radius 2 is 1.56 bits per heavy atom. The van der Waals surface area contributed by atoms with Gasteiger partial charge < -0.3 is 17.0 Å². The molecule has 0 aliphatic heterocycles. The maximum atomic E-state index is 12.7. The van der Waals surface area contributed by atoms with Crippen LogP contribution in [-0.4, -0.2) is 5.78 Å². The Balaban J connectivity index is 0.00000261. The highest BCUT2D eigenvalue weighted by Crippen LogP contribution is 2.21. The van der Waals surface area contributed by atoms with E-state index in [1.807, 2.05) is 66.2 Å². The molecule has 3 rings (SSSR count). The fraction of sp³-hybridized carbons (Fsp3) is 0.100. The van der Waals surface area contributed by atoms with E-state index >= 15 is 0 Å². The standard InChI is InChI=1S/C20H16Br2N2OS.BrH/c1-13-11-24(20(23)26-13)12-16(14-2-6-17(21)7-3-14)10-19(25)15-4-8-18(22)9-5-15;/h2-11,23H,12H2,1H3;1H/b16-10+;. The molecule has 3 aromatic rings. The maximum absolute atomic E-state index is 12.7. The average Bonchev–Trinajstić information content (AvgIpc) is 2.92. The largest absolute Gasteiger partial charge is 1.00 e. The third-order valence-electron chi connectivity index (χ3n) is 3.88. The number of aryl methyl sites for hydroxylation is 1. The van der Waals surface area contributed by atoms with Crippen molar-refractivity contribution in [2.24, 2.45) is 0 Å². The zero-order chi connectivity index (χ0) is 18.7. The summed E-state index contributed by atoms with van der Waals surface area (Å²) in [5, 5.41) is 0.724. The Hall–Kier alpha value is -1.28. The van der Waals surface area contributed by atoms with Crippen LogP contribution in [0.15, 0.2) is 69.7 Å². The van der Waals surface area contributed by atoms with Crippen molar-refractivity contribution < 1.29 is 26.3 Å². The lowest BCUT2D eigenvalue weighted by Gasteiger charge is -2.07. The minimum Gasteiger partial charge on any atom is -1.00 e. The van der Waals surface area contributed by atoms with Crippen LogP contribution in [0.3, 0.4) is 0 Å². The Labute approximate surface area is 189 Å². The minimum atomic E-state index is -0.0264. The van der Waals surface area contributed by atoms with E-state index in [2.05, 4.69) is 31.9 Å². The van der Waals surface area contributed by atoms with Crippen molar-refractivity contribution in [1.82, 2.24) is 0 Å². The van der Waals surface area contributed by atoms with Gasteiger partial charge in [-0.1, -0.05) is 55.3 Å². The van der Waals surface area contributed by atoms with Gasteiger partial charge in [-0.2, -0.15) is 0 Å². The summed E-state index contributed by atoms with van der Waals surface area (Å²) in [6.07, 6.45) is 3.71. The van der Waals surface area contributed by atoms with Gasteiger partial charge >= 0.3 is 5.13 Å². The molecule has 0 aliphatic carbocycles. The first-order chi connectivity index (χ1) is 12.4. The number of benzene rings is 2. The number of hydrogen-bond donors (Lipinski definition) is 1. The summed E-state index contributed by atoms with van der Waals surface area (Å²) in [6, 6.07) is 15.3. The van der Waals surface area contributed by atoms with E-state index in [9.17, 15) is 4.79 Å². The van der Waals surface area contributed by atoms with Crippen molar-refractivity contribution in [3.8, 4) is 0 Å². The molecule has 7 heteroatoms. The molecule has 2 aromatic carbocycles. The second-order valence-corrected chi connectivity index (χ2v) is 8.95. The Kier molecular flexibility index (Phi) is 7.97. The van der Waals surface area contributed by atoms with E-state index in [0.717, 1.165) is 30.1 Å². The zero-order valence-corrected chi connectivity index (χ0v) is 20.0. The summed E-state index contributed by atoms with van der Waals surface area (Å²) < 4.78 is 3.92. The molecule has 0 radical (unpaired) electrons. The number of anilines is 1. The number of ketones is 1. The lowest BCUT2D eigenvalue weighted by molar-refractivity contribution is -0.665. The predicted molar refractivity (Wildman–Crippen MR) is 114 cm³/mol. The molecule has 1 aromatic heterocycles. The van der Waals surface area contributed by atoms with Crippen LogP contribution in [0.5, 0.6) is 0 Å². The number of carbonyl (C=O) groups excluding carboxylic acids is 1. The average molecular weight is 573 g/mol. The van der Waals surface area contributed by atoms with Gasteiger partial charge in [0.15, 0.2) is 5.78 Å². The van der Waals surface area contributed by atoms with E-state index < -0.39 is 0 Å². The fourth-order valence-corrected chi connectivity index (χ4v) is 3.85. The third-order valence-corrected chi connectivity index (χ3v) is 5.80. The summed E-state index contributed by atoms with van der Waals surface area (Å²) in [5.74, 6) is -0.0264. The highest BCUT2D eigenvalue weighted by atomic mass is 79.9. The Morgan fingerprint density at radius 3 is 2.04 bits per heavy atom. The van der Waals surface area contributed by atoms with Gasteiger partial charge in [-0.15, -0.1) is 0 Å². The number of rotatable bonds is 5. The molecule has 0 bridgehead atoms. The van der Waals surface area contributed by atoms with Crippen LogP contribution in [-0.2, 0) is 6.54 Å². The van der Waals surface area contributed by atoms with Crippen LogP contribution in [0, 0.1) is 6.92 Å². The van der Waals surface area contributed by atoms with E-state index in [1.165, 1.54) is 0 Å². The number of carbonyl (C=O) groups is 1. The normalized spacial score (nSPS) is 11.1. The molecule has 0 amide bonds. The number of halogens is 3. The second-order valence-electron chi connectivity index (χ2n) is 5.86. The van der Waals surface area contributed by atoms with Gasteiger partial charge in [0.25, 0.3) is 0 Å². The van der Waals surface area contributed by atoms with Crippen molar-refractivity contribution in [1.29, 1.82) is 0 Å². The van der Waals surface area contributed by atoms with Gasteiger partial charge in [-0.3, -0.25) is 10.5 Å². The first kappa shape index (κ1) is 22.0. The Morgan fingerprint density at radius 1 is 1.04 bits per heavy atom. The van der Waals surface area contributed by atoms with E-state index in [0.29, 0.717) is 12.1 Å². The molecular formula is C20H17Br3N2OS. The van der Waals surface area contributed by atoms with E-state index in [4.69, 9.17) is 5.73 Å². The van der Waals surface area contributed by atoms with E-state index in [1.54, 1.807) is 17.4 Å². The van der Waals surface area contributed by atoms with Gasteiger partial charge in [0, 0.05) is 25.0 Å². The number of nitrogens with zero attached hydrogens (tertiary/aromatic N) is 1. The van der Waals surface area contributed by atoms with Crippen molar-refractivity contribution >= 4 is 59.7 Å². The first-order valence-electron chi connectivity index (χ1n) is 7.94. The van der Waals surface area contributed by atoms with Crippen molar-refractivity contribution in [2.45, 2.75) is 13.5 Å².